The Morgan fingerprint density at radius 1 is 0.968 bits per heavy atom. The number of aromatic nitrogens is 2. The average molecular weight is 419 g/mol. The van der Waals surface area contributed by atoms with Gasteiger partial charge in [-0.25, -0.2) is 9.48 Å². The van der Waals surface area contributed by atoms with Gasteiger partial charge in [-0.1, -0.05) is 67.8 Å². The fourth-order valence-corrected chi connectivity index (χ4v) is 3.97. The highest BCUT2D eigenvalue weighted by Crippen LogP contribution is 2.18. The Morgan fingerprint density at radius 3 is 2.39 bits per heavy atom. The Bertz CT molecular complexity index is 1130. The quantitative estimate of drug-likeness (QED) is 0.620. The maximum absolute atomic E-state index is 12.9. The average Bonchev–Trinajstić information content (AvgIpc) is 2.81. The van der Waals surface area contributed by atoms with Crippen LogP contribution in [-0.2, 0) is 16.1 Å². The Hall–Kier alpha value is -3.48. The van der Waals surface area contributed by atoms with Crippen molar-refractivity contribution in [3.8, 4) is 0 Å². The second-order valence-electron chi connectivity index (χ2n) is 7.82. The first-order chi connectivity index (χ1) is 15.1. The molecule has 0 atom stereocenters. The minimum atomic E-state index is -0.725. The molecule has 7 heteroatoms. The number of ether oxygens (including phenoxy) is 1. The zero-order valence-corrected chi connectivity index (χ0v) is 17.3. The monoisotopic (exact) mass is 419 g/mol. The van der Waals surface area contributed by atoms with Gasteiger partial charge in [-0.15, -0.1) is 0 Å². The van der Waals surface area contributed by atoms with E-state index >= 15 is 0 Å². The van der Waals surface area contributed by atoms with E-state index in [4.69, 9.17) is 4.74 Å². The maximum Gasteiger partial charge on any atom is 0.359 e. The zero-order chi connectivity index (χ0) is 21.6. The Labute approximate surface area is 180 Å². The summed E-state index contributed by atoms with van der Waals surface area (Å²) in [5.74, 6) is -1.04. The van der Waals surface area contributed by atoms with E-state index in [-0.39, 0.29) is 36.4 Å². The van der Waals surface area contributed by atoms with Gasteiger partial charge >= 0.3 is 5.97 Å². The van der Waals surface area contributed by atoms with E-state index in [9.17, 15) is 14.4 Å². The third-order valence-electron chi connectivity index (χ3n) is 5.54. The molecule has 1 aliphatic carbocycles. The molecule has 0 radical (unpaired) electrons. The van der Waals surface area contributed by atoms with E-state index < -0.39 is 5.97 Å². The molecule has 1 aliphatic rings. The predicted molar refractivity (Wildman–Crippen MR) is 117 cm³/mol. The lowest BCUT2D eigenvalue weighted by atomic mass is 9.95. The molecule has 1 amide bonds. The molecule has 4 rings (SSSR count). The molecule has 0 unspecified atom stereocenters. The van der Waals surface area contributed by atoms with E-state index in [1.807, 2.05) is 30.3 Å². The molecule has 1 N–H and O–H groups in total. The third-order valence-corrected chi connectivity index (χ3v) is 5.54. The fourth-order valence-electron chi connectivity index (χ4n) is 3.97. The molecule has 2 aromatic carbocycles. The number of benzene rings is 2. The first kappa shape index (κ1) is 20.8. The number of fused-ring (bicyclic) bond motifs is 1. The summed E-state index contributed by atoms with van der Waals surface area (Å²) in [6.45, 7) is -0.143. The Balaban J connectivity index is 1.54. The molecule has 1 fully saturated rings. The van der Waals surface area contributed by atoms with E-state index in [0.29, 0.717) is 10.8 Å². The number of hydrogen-bond acceptors (Lipinski definition) is 5. The van der Waals surface area contributed by atoms with E-state index in [1.165, 1.54) is 11.1 Å². The van der Waals surface area contributed by atoms with Gasteiger partial charge in [0, 0.05) is 11.4 Å². The van der Waals surface area contributed by atoms with Crippen LogP contribution in [0.4, 0.5) is 0 Å². The second kappa shape index (κ2) is 9.55. The number of carbonyl (C=O) groups excluding carboxylic acids is 2. The number of carbonyl (C=O) groups is 2. The van der Waals surface area contributed by atoms with Crippen LogP contribution < -0.4 is 10.9 Å². The standard InChI is InChI=1S/C24H25N3O4/c28-21(25-18-11-5-2-6-12-18)16-31-24(30)22-19-13-7-8-14-20(19)23(29)27(26-22)15-17-9-3-1-4-10-17/h1,3-4,7-10,13-14,18H,2,5-6,11-12,15-16H2,(H,25,28). The summed E-state index contributed by atoms with van der Waals surface area (Å²) in [6.07, 6.45) is 5.30. The van der Waals surface area contributed by atoms with Crippen LogP contribution in [0.2, 0.25) is 0 Å². The summed E-state index contributed by atoms with van der Waals surface area (Å²) in [5, 5.41) is 8.00. The van der Waals surface area contributed by atoms with Gasteiger partial charge in [0.1, 0.15) is 0 Å². The van der Waals surface area contributed by atoms with Crippen LogP contribution in [0, 0.1) is 0 Å². The molecule has 1 saturated carbocycles. The normalized spacial score (nSPS) is 14.3. The first-order valence-electron chi connectivity index (χ1n) is 10.6. The smallest absolute Gasteiger partial charge is 0.359 e. The van der Waals surface area contributed by atoms with Gasteiger partial charge in [-0.3, -0.25) is 9.59 Å². The fraction of sp³-hybridized carbons (Fsp3) is 0.333. The first-order valence-corrected chi connectivity index (χ1v) is 10.6. The van der Waals surface area contributed by atoms with Gasteiger partial charge < -0.3 is 10.1 Å². The Kier molecular flexibility index (Phi) is 6.40. The minimum Gasteiger partial charge on any atom is -0.451 e. The Morgan fingerprint density at radius 2 is 1.65 bits per heavy atom. The van der Waals surface area contributed by atoms with Crippen molar-refractivity contribution in [3.05, 3.63) is 76.2 Å². The van der Waals surface area contributed by atoms with Crippen molar-refractivity contribution in [2.45, 2.75) is 44.7 Å². The number of nitrogens with one attached hydrogen (secondary N) is 1. The predicted octanol–water partition coefficient (Wildman–Crippen LogP) is 3.05. The molecule has 1 aromatic heterocycles. The number of amides is 1. The lowest BCUT2D eigenvalue weighted by molar-refractivity contribution is -0.125. The number of esters is 1. The molecule has 0 bridgehead atoms. The molecule has 31 heavy (non-hydrogen) atoms. The number of nitrogens with zero attached hydrogens (tertiary/aromatic N) is 2. The highest BCUT2D eigenvalue weighted by atomic mass is 16.5. The van der Waals surface area contributed by atoms with Gasteiger partial charge in [0.25, 0.3) is 11.5 Å². The zero-order valence-electron chi connectivity index (χ0n) is 17.3. The van der Waals surface area contributed by atoms with Crippen LogP contribution in [0.1, 0.15) is 48.2 Å². The third kappa shape index (κ3) is 4.99. The van der Waals surface area contributed by atoms with Crippen LogP contribution in [0.3, 0.4) is 0 Å². The molecule has 160 valence electrons. The van der Waals surface area contributed by atoms with Crippen LogP contribution in [0.15, 0.2) is 59.4 Å². The summed E-state index contributed by atoms with van der Waals surface area (Å²) in [6, 6.07) is 16.4. The maximum atomic E-state index is 12.9. The lowest BCUT2D eigenvalue weighted by Gasteiger charge is -2.22. The van der Waals surface area contributed by atoms with Crippen molar-refractivity contribution >= 4 is 22.6 Å². The number of hydrogen-bond donors (Lipinski definition) is 1. The van der Waals surface area contributed by atoms with Crippen LogP contribution in [0.5, 0.6) is 0 Å². The van der Waals surface area contributed by atoms with Gasteiger partial charge in [0.05, 0.1) is 11.9 Å². The van der Waals surface area contributed by atoms with Crippen molar-refractivity contribution in [1.82, 2.24) is 15.1 Å². The van der Waals surface area contributed by atoms with Gasteiger partial charge in [-0.05, 0) is 24.5 Å². The van der Waals surface area contributed by atoms with Crippen LogP contribution >= 0.6 is 0 Å². The summed E-state index contributed by atoms with van der Waals surface area (Å²) in [7, 11) is 0. The molecule has 0 saturated heterocycles. The molecule has 0 spiro atoms. The lowest BCUT2D eigenvalue weighted by Crippen LogP contribution is -2.38. The molecule has 3 aromatic rings. The molecular weight excluding hydrogens is 394 g/mol. The summed E-state index contributed by atoms with van der Waals surface area (Å²) >= 11 is 0. The van der Waals surface area contributed by atoms with Crippen LogP contribution in [-0.4, -0.2) is 34.3 Å². The molecular formula is C24H25N3O4. The van der Waals surface area contributed by atoms with Crippen molar-refractivity contribution in [1.29, 1.82) is 0 Å². The van der Waals surface area contributed by atoms with E-state index in [2.05, 4.69) is 10.4 Å². The summed E-state index contributed by atoms with van der Waals surface area (Å²) < 4.78 is 6.52. The van der Waals surface area contributed by atoms with Crippen molar-refractivity contribution < 1.29 is 14.3 Å². The molecule has 1 heterocycles. The van der Waals surface area contributed by atoms with Crippen LogP contribution in [0.25, 0.3) is 10.8 Å². The van der Waals surface area contributed by atoms with Crippen molar-refractivity contribution in [2.75, 3.05) is 6.61 Å². The minimum absolute atomic E-state index is 0.0246. The highest BCUT2D eigenvalue weighted by molar-refractivity contribution is 6.02. The summed E-state index contributed by atoms with van der Waals surface area (Å²) in [4.78, 5) is 37.9. The topological polar surface area (TPSA) is 90.3 Å². The van der Waals surface area contributed by atoms with E-state index in [1.54, 1.807) is 24.3 Å². The SMILES string of the molecule is O=C(COC(=O)c1nn(Cc2ccccc2)c(=O)c2ccccc12)NC1CCCCC1. The molecule has 7 nitrogen and oxygen atoms in total. The van der Waals surface area contributed by atoms with Crippen molar-refractivity contribution in [3.63, 3.8) is 0 Å². The highest BCUT2D eigenvalue weighted by Gasteiger charge is 2.20. The van der Waals surface area contributed by atoms with Gasteiger partial charge in [-0.2, -0.15) is 5.10 Å². The summed E-state index contributed by atoms with van der Waals surface area (Å²) in [5.41, 5.74) is 0.626. The van der Waals surface area contributed by atoms with E-state index in [0.717, 1.165) is 31.2 Å². The molecule has 0 aliphatic heterocycles. The van der Waals surface area contributed by atoms with Crippen molar-refractivity contribution in [2.24, 2.45) is 0 Å². The second-order valence-corrected chi connectivity index (χ2v) is 7.82. The number of rotatable bonds is 6. The van der Waals surface area contributed by atoms with Gasteiger partial charge in [0.15, 0.2) is 12.3 Å². The van der Waals surface area contributed by atoms with Gasteiger partial charge in [0.2, 0.25) is 0 Å². The largest absolute Gasteiger partial charge is 0.451 e.